The topological polar surface area (TPSA) is 3.24 Å². The summed E-state index contributed by atoms with van der Waals surface area (Å²) in [5, 5.41) is 8.00. The first-order chi connectivity index (χ1) is 11.1. The molecule has 0 fully saturated rings. The van der Waals surface area contributed by atoms with Gasteiger partial charge in [0.25, 0.3) is 0 Å². The molecule has 0 amide bonds. The molecule has 2 heteroatoms. The molecule has 0 saturated heterocycles. The minimum Gasteiger partial charge on any atom is -0.312 e. The fourth-order valence-corrected chi connectivity index (χ4v) is 2.99. The van der Waals surface area contributed by atoms with E-state index in [4.69, 9.17) is 0 Å². The van der Waals surface area contributed by atoms with Crippen LogP contribution in [0.1, 0.15) is 0 Å². The monoisotopic (exact) mass is 299 g/mol. The molecule has 0 bridgehead atoms. The lowest BCUT2D eigenvalue weighted by Gasteiger charge is -2.08. The van der Waals surface area contributed by atoms with Crippen molar-refractivity contribution in [3.63, 3.8) is 0 Å². The molecule has 0 heterocycles. The van der Waals surface area contributed by atoms with Gasteiger partial charge in [-0.1, -0.05) is 60.1 Å². The van der Waals surface area contributed by atoms with Crippen LogP contribution in [0, 0.1) is 0 Å². The molecule has 4 rings (SSSR count). The Hall–Kier alpha value is -2.32. The average Bonchev–Trinajstić information content (AvgIpc) is 2.52. The second-order valence-electron chi connectivity index (χ2n) is 6.50. The standard InChI is InChI=1S/C18H13B.C3H9N/c19-17-7-3-6-12-8-9-15-10-13-4-1-2-5-14(13)11-16(15)18(12)17;1-4(2)3/h1-11H,19H2;1-3H3. The maximum absolute atomic E-state index is 2.32. The lowest BCUT2D eigenvalue weighted by Crippen LogP contribution is -2.03. The molecule has 0 N–H and O–H groups in total. The Balaban J connectivity index is 0.000000354. The highest BCUT2D eigenvalue weighted by molar-refractivity contribution is 6.41. The number of rotatable bonds is 0. The lowest BCUT2D eigenvalue weighted by molar-refractivity contribution is 0.505. The van der Waals surface area contributed by atoms with Crippen molar-refractivity contribution in [2.24, 2.45) is 0 Å². The minimum absolute atomic E-state index is 1.31. The lowest BCUT2D eigenvalue weighted by atomic mass is 9.87. The van der Waals surface area contributed by atoms with Crippen molar-refractivity contribution in [1.29, 1.82) is 0 Å². The van der Waals surface area contributed by atoms with Crippen LogP contribution in [0.4, 0.5) is 0 Å². The molecule has 4 aromatic carbocycles. The van der Waals surface area contributed by atoms with Crippen LogP contribution in [-0.4, -0.2) is 33.9 Å². The minimum atomic E-state index is 1.31. The first kappa shape index (κ1) is 15.6. The zero-order valence-corrected chi connectivity index (χ0v) is 14.3. The van der Waals surface area contributed by atoms with Crippen LogP contribution >= 0.6 is 0 Å². The summed E-state index contributed by atoms with van der Waals surface area (Å²) in [7, 11) is 8.19. The van der Waals surface area contributed by atoms with Crippen LogP contribution in [0.25, 0.3) is 32.3 Å². The van der Waals surface area contributed by atoms with Crippen molar-refractivity contribution in [2.45, 2.75) is 0 Å². The van der Waals surface area contributed by atoms with Gasteiger partial charge in [0.1, 0.15) is 7.85 Å². The predicted molar refractivity (Wildman–Crippen MR) is 107 cm³/mol. The second-order valence-corrected chi connectivity index (χ2v) is 6.50. The molecule has 0 radical (unpaired) electrons. The van der Waals surface area contributed by atoms with Gasteiger partial charge in [0, 0.05) is 0 Å². The highest BCUT2D eigenvalue weighted by Crippen LogP contribution is 2.28. The average molecular weight is 299 g/mol. The molecule has 4 aromatic rings. The van der Waals surface area contributed by atoms with E-state index in [-0.39, 0.29) is 0 Å². The molecule has 114 valence electrons. The molecular formula is C21H22BN. The zero-order chi connectivity index (χ0) is 16.4. The maximum Gasteiger partial charge on any atom is 0.140 e. The van der Waals surface area contributed by atoms with E-state index in [1.165, 1.54) is 37.8 Å². The van der Waals surface area contributed by atoms with Crippen molar-refractivity contribution in [3.8, 4) is 0 Å². The summed E-state index contributed by atoms with van der Waals surface area (Å²) in [6, 6.07) is 24.1. The van der Waals surface area contributed by atoms with Crippen molar-refractivity contribution in [2.75, 3.05) is 21.1 Å². The van der Waals surface area contributed by atoms with Gasteiger partial charge in [-0.05, 0) is 65.6 Å². The number of benzene rings is 4. The van der Waals surface area contributed by atoms with Gasteiger partial charge in [-0.25, -0.2) is 0 Å². The highest BCUT2D eigenvalue weighted by Gasteiger charge is 2.04. The first-order valence-corrected chi connectivity index (χ1v) is 7.98. The van der Waals surface area contributed by atoms with Gasteiger partial charge in [-0.15, -0.1) is 0 Å². The van der Waals surface area contributed by atoms with Crippen LogP contribution in [0.2, 0.25) is 0 Å². The highest BCUT2D eigenvalue weighted by atomic mass is 15.0. The van der Waals surface area contributed by atoms with Gasteiger partial charge in [-0.3, -0.25) is 0 Å². The summed E-state index contributed by atoms with van der Waals surface area (Å²) < 4.78 is 0. The Morgan fingerprint density at radius 2 is 1.22 bits per heavy atom. The largest absolute Gasteiger partial charge is 0.312 e. The fourth-order valence-electron chi connectivity index (χ4n) is 2.99. The molecule has 0 aliphatic carbocycles. The molecule has 0 atom stereocenters. The van der Waals surface area contributed by atoms with Crippen molar-refractivity contribution in [1.82, 2.24) is 4.90 Å². The van der Waals surface area contributed by atoms with E-state index in [2.05, 4.69) is 74.6 Å². The Kier molecular flexibility index (Phi) is 4.36. The van der Waals surface area contributed by atoms with Crippen LogP contribution < -0.4 is 5.46 Å². The fraction of sp³-hybridized carbons (Fsp3) is 0.143. The normalized spacial score (nSPS) is 11.0. The Bertz CT molecular complexity index is 970. The Morgan fingerprint density at radius 3 is 1.91 bits per heavy atom. The van der Waals surface area contributed by atoms with Crippen LogP contribution in [0.3, 0.4) is 0 Å². The number of nitrogens with zero attached hydrogens (tertiary/aromatic N) is 1. The molecule has 23 heavy (non-hydrogen) atoms. The SMILES string of the molecule is Bc1cccc2ccc3cc4ccccc4cc3c12.CN(C)C. The van der Waals surface area contributed by atoms with Crippen molar-refractivity contribution in [3.05, 3.63) is 66.7 Å². The molecule has 0 aliphatic rings. The molecule has 0 aromatic heterocycles. The van der Waals surface area contributed by atoms with Gasteiger partial charge in [0.05, 0.1) is 0 Å². The van der Waals surface area contributed by atoms with Crippen molar-refractivity contribution >= 4 is 45.6 Å². The Labute approximate surface area is 138 Å². The van der Waals surface area contributed by atoms with E-state index in [9.17, 15) is 0 Å². The Morgan fingerprint density at radius 1 is 0.652 bits per heavy atom. The molecule has 0 unspecified atom stereocenters. The third kappa shape index (κ3) is 3.23. The van der Waals surface area contributed by atoms with Crippen molar-refractivity contribution < 1.29 is 0 Å². The molecule has 0 spiro atoms. The smallest absolute Gasteiger partial charge is 0.140 e. The van der Waals surface area contributed by atoms with E-state index < -0.39 is 0 Å². The van der Waals surface area contributed by atoms with Gasteiger partial charge < -0.3 is 4.90 Å². The van der Waals surface area contributed by atoms with E-state index >= 15 is 0 Å². The molecule has 0 aliphatic heterocycles. The van der Waals surface area contributed by atoms with E-state index in [1.807, 2.05) is 26.0 Å². The third-order valence-electron chi connectivity index (χ3n) is 3.93. The number of hydrogen-bond donors (Lipinski definition) is 0. The predicted octanol–water partition coefficient (Wildman–Crippen LogP) is 3.58. The quantitative estimate of drug-likeness (QED) is 0.272. The van der Waals surface area contributed by atoms with E-state index in [0.717, 1.165) is 0 Å². The summed E-state index contributed by atoms with van der Waals surface area (Å²) in [5.74, 6) is 0. The van der Waals surface area contributed by atoms with Gasteiger partial charge in [-0.2, -0.15) is 0 Å². The summed E-state index contributed by atoms with van der Waals surface area (Å²) in [5.41, 5.74) is 1.35. The third-order valence-corrected chi connectivity index (χ3v) is 3.93. The van der Waals surface area contributed by atoms with E-state index in [1.54, 1.807) is 0 Å². The first-order valence-electron chi connectivity index (χ1n) is 7.98. The second kappa shape index (κ2) is 6.43. The molecule has 0 saturated carbocycles. The van der Waals surface area contributed by atoms with Gasteiger partial charge in [0.2, 0.25) is 0 Å². The van der Waals surface area contributed by atoms with Crippen LogP contribution in [0.15, 0.2) is 66.7 Å². The summed E-state index contributed by atoms with van der Waals surface area (Å²) in [4.78, 5) is 2.00. The number of hydrogen-bond acceptors (Lipinski definition) is 1. The number of fused-ring (bicyclic) bond motifs is 4. The van der Waals surface area contributed by atoms with E-state index in [0.29, 0.717) is 0 Å². The van der Waals surface area contributed by atoms with Crippen LogP contribution in [0.5, 0.6) is 0 Å². The zero-order valence-electron chi connectivity index (χ0n) is 14.3. The molecule has 1 nitrogen and oxygen atoms in total. The van der Waals surface area contributed by atoms with Gasteiger partial charge >= 0.3 is 0 Å². The summed E-state index contributed by atoms with van der Waals surface area (Å²) in [6.07, 6.45) is 0. The van der Waals surface area contributed by atoms with Gasteiger partial charge in [0.15, 0.2) is 0 Å². The van der Waals surface area contributed by atoms with Crippen LogP contribution in [-0.2, 0) is 0 Å². The summed E-state index contributed by atoms with van der Waals surface area (Å²) in [6.45, 7) is 0. The molecular weight excluding hydrogens is 277 g/mol. The summed E-state index contributed by atoms with van der Waals surface area (Å²) >= 11 is 0. The maximum atomic E-state index is 2.32.